The first-order chi connectivity index (χ1) is 9.09. The maximum Gasteiger partial charge on any atom is 0.253 e. The van der Waals surface area contributed by atoms with Gasteiger partial charge < -0.3 is 5.32 Å². The molecular formula is C14H12Cl2N2O. The maximum absolute atomic E-state index is 12.1. The smallest absolute Gasteiger partial charge is 0.253 e. The third-order valence-corrected chi connectivity index (χ3v) is 3.38. The highest BCUT2D eigenvalue weighted by Crippen LogP contribution is 2.23. The number of hydrogen-bond acceptors (Lipinski definition) is 2. The Morgan fingerprint density at radius 3 is 2.63 bits per heavy atom. The van der Waals surface area contributed by atoms with Crippen molar-refractivity contribution in [3.8, 4) is 0 Å². The highest BCUT2D eigenvalue weighted by atomic mass is 35.5. The fraction of sp³-hybridized carbons (Fsp3) is 0.143. The molecule has 1 aromatic carbocycles. The molecule has 0 aliphatic carbocycles. The number of aromatic nitrogens is 1. The molecule has 2 rings (SSSR count). The van der Waals surface area contributed by atoms with E-state index in [1.807, 2.05) is 25.1 Å². The molecule has 0 fully saturated rings. The standard InChI is InChI=1S/C14H12Cl2N2O/c1-9(10-4-2-3-5-12(10)15)18-14(19)11-6-7-17-8-13(11)16/h2-9H,1H3,(H,18,19). The average molecular weight is 295 g/mol. The highest BCUT2D eigenvalue weighted by Gasteiger charge is 2.15. The largest absolute Gasteiger partial charge is 0.345 e. The molecule has 1 heterocycles. The topological polar surface area (TPSA) is 42.0 Å². The first-order valence-corrected chi connectivity index (χ1v) is 6.50. The lowest BCUT2D eigenvalue weighted by molar-refractivity contribution is 0.0940. The van der Waals surface area contributed by atoms with Crippen LogP contribution >= 0.6 is 23.2 Å². The third-order valence-electron chi connectivity index (χ3n) is 2.74. The zero-order valence-corrected chi connectivity index (χ0v) is 11.7. The Hall–Kier alpha value is -1.58. The number of nitrogens with one attached hydrogen (secondary N) is 1. The Labute approximate surface area is 121 Å². The molecule has 5 heteroatoms. The van der Waals surface area contributed by atoms with Gasteiger partial charge in [-0.25, -0.2) is 0 Å². The number of hydrogen-bond donors (Lipinski definition) is 1. The molecule has 1 aromatic heterocycles. The van der Waals surface area contributed by atoms with Gasteiger partial charge in [0.25, 0.3) is 5.91 Å². The molecule has 1 amide bonds. The van der Waals surface area contributed by atoms with Gasteiger partial charge in [-0.3, -0.25) is 9.78 Å². The van der Waals surface area contributed by atoms with Crippen molar-refractivity contribution in [1.29, 1.82) is 0 Å². The van der Waals surface area contributed by atoms with Crippen LogP contribution in [0, 0.1) is 0 Å². The molecule has 0 bridgehead atoms. The number of carbonyl (C=O) groups is 1. The summed E-state index contributed by atoms with van der Waals surface area (Å²) in [6.07, 6.45) is 2.97. The molecule has 1 unspecified atom stereocenters. The number of nitrogens with zero attached hydrogens (tertiary/aromatic N) is 1. The van der Waals surface area contributed by atoms with Crippen LogP contribution in [0.1, 0.15) is 28.9 Å². The Kier molecular flexibility index (Phi) is 4.40. The van der Waals surface area contributed by atoms with Gasteiger partial charge in [0, 0.05) is 17.4 Å². The number of rotatable bonds is 3. The molecule has 0 saturated heterocycles. The van der Waals surface area contributed by atoms with E-state index in [1.54, 1.807) is 12.1 Å². The molecule has 19 heavy (non-hydrogen) atoms. The molecule has 1 atom stereocenters. The van der Waals surface area contributed by atoms with Gasteiger partial charge in [-0.15, -0.1) is 0 Å². The first kappa shape index (κ1) is 13.8. The van der Waals surface area contributed by atoms with Gasteiger partial charge in [-0.05, 0) is 24.6 Å². The molecule has 0 radical (unpaired) electrons. The third kappa shape index (κ3) is 3.25. The summed E-state index contributed by atoms with van der Waals surface area (Å²) in [5.74, 6) is -0.250. The predicted octanol–water partition coefficient (Wildman–Crippen LogP) is 3.88. The van der Waals surface area contributed by atoms with E-state index in [2.05, 4.69) is 10.3 Å². The Balaban J connectivity index is 2.16. The maximum atomic E-state index is 12.1. The fourth-order valence-corrected chi connectivity index (χ4v) is 2.24. The van der Waals surface area contributed by atoms with Crippen molar-refractivity contribution >= 4 is 29.1 Å². The van der Waals surface area contributed by atoms with Gasteiger partial charge in [0.15, 0.2) is 0 Å². The van der Waals surface area contributed by atoms with E-state index in [1.165, 1.54) is 12.4 Å². The van der Waals surface area contributed by atoms with Gasteiger partial charge in [-0.2, -0.15) is 0 Å². The molecular weight excluding hydrogens is 283 g/mol. The van der Waals surface area contributed by atoms with E-state index in [0.717, 1.165) is 5.56 Å². The van der Waals surface area contributed by atoms with Crippen molar-refractivity contribution < 1.29 is 4.79 Å². The normalized spacial score (nSPS) is 11.9. The summed E-state index contributed by atoms with van der Waals surface area (Å²) < 4.78 is 0. The minimum Gasteiger partial charge on any atom is -0.345 e. The van der Waals surface area contributed by atoms with Crippen molar-refractivity contribution in [2.75, 3.05) is 0 Å². The van der Waals surface area contributed by atoms with Crippen LogP contribution in [0.3, 0.4) is 0 Å². The molecule has 0 aliphatic rings. The van der Waals surface area contributed by atoms with Gasteiger partial charge in [-0.1, -0.05) is 41.4 Å². The van der Waals surface area contributed by atoms with Crippen molar-refractivity contribution in [1.82, 2.24) is 10.3 Å². The van der Waals surface area contributed by atoms with Crippen molar-refractivity contribution in [2.45, 2.75) is 13.0 Å². The van der Waals surface area contributed by atoms with E-state index < -0.39 is 0 Å². The number of halogens is 2. The fourth-order valence-electron chi connectivity index (χ4n) is 1.74. The van der Waals surface area contributed by atoms with Crippen LogP contribution in [0.2, 0.25) is 10.0 Å². The average Bonchev–Trinajstić information content (AvgIpc) is 2.39. The predicted molar refractivity (Wildman–Crippen MR) is 76.6 cm³/mol. The summed E-state index contributed by atoms with van der Waals surface area (Å²) in [5.41, 5.74) is 1.26. The van der Waals surface area contributed by atoms with Gasteiger partial charge in [0.1, 0.15) is 0 Å². The SMILES string of the molecule is CC(NC(=O)c1ccncc1Cl)c1ccccc1Cl. The number of benzene rings is 1. The summed E-state index contributed by atoms with van der Waals surface area (Å²) in [5, 5.41) is 3.81. The molecule has 2 aromatic rings. The van der Waals surface area contributed by atoms with E-state index in [9.17, 15) is 4.79 Å². The molecule has 0 saturated carbocycles. The van der Waals surface area contributed by atoms with Gasteiger partial charge in [0.2, 0.25) is 0 Å². The minimum absolute atomic E-state index is 0.203. The summed E-state index contributed by atoms with van der Waals surface area (Å²) in [7, 11) is 0. The second-order valence-electron chi connectivity index (χ2n) is 4.07. The van der Waals surface area contributed by atoms with Crippen LogP contribution < -0.4 is 5.32 Å². The van der Waals surface area contributed by atoms with Crippen molar-refractivity contribution in [2.24, 2.45) is 0 Å². The second-order valence-corrected chi connectivity index (χ2v) is 4.89. The molecule has 98 valence electrons. The van der Waals surface area contributed by atoms with Crippen LogP contribution in [0.25, 0.3) is 0 Å². The number of amides is 1. The summed E-state index contributed by atoms with van der Waals surface area (Å²) in [4.78, 5) is 15.9. The van der Waals surface area contributed by atoms with E-state index in [-0.39, 0.29) is 11.9 Å². The van der Waals surface area contributed by atoms with E-state index in [4.69, 9.17) is 23.2 Å². The Bertz CT molecular complexity index is 602. The number of pyridine rings is 1. The monoisotopic (exact) mass is 294 g/mol. The first-order valence-electron chi connectivity index (χ1n) is 5.74. The van der Waals surface area contributed by atoms with Crippen LogP contribution in [0.15, 0.2) is 42.7 Å². The van der Waals surface area contributed by atoms with Crippen molar-refractivity contribution in [3.05, 3.63) is 63.9 Å². The summed E-state index contributed by atoms with van der Waals surface area (Å²) in [6, 6.07) is 8.77. The quantitative estimate of drug-likeness (QED) is 0.933. The van der Waals surface area contributed by atoms with E-state index >= 15 is 0 Å². The Morgan fingerprint density at radius 1 is 1.21 bits per heavy atom. The zero-order valence-electron chi connectivity index (χ0n) is 10.2. The van der Waals surface area contributed by atoms with Crippen LogP contribution in [0.5, 0.6) is 0 Å². The molecule has 0 aliphatic heterocycles. The number of carbonyl (C=O) groups excluding carboxylic acids is 1. The lowest BCUT2D eigenvalue weighted by Gasteiger charge is -2.16. The second kappa shape index (κ2) is 6.04. The zero-order chi connectivity index (χ0) is 13.8. The summed E-state index contributed by atoms with van der Waals surface area (Å²) in [6.45, 7) is 1.87. The minimum atomic E-state index is -0.250. The molecule has 0 spiro atoms. The molecule has 1 N–H and O–H groups in total. The van der Waals surface area contributed by atoms with E-state index in [0.29, 0.717) is 15.6 Å². The lowest BCUT2D eigenvalue weighted by atomic mass is 10.1. The van der Waals surface area contributed by atoms with Gasteiger partial charge >= 0.3 is 0 Å². The van der Waals surface area contributed by atoms with Crippen LogP contribution in [-0.4, -0.2) is 10.9 Å². The Morgan fingerprint density at radius 2 is 1.95 bits per heavy atom. The van der Waals surface area contributed by atoms with Crippen LogP contribution in [0.4, 0.5) is 0 Å². The lowest BCUT2D eigenvalue weighted by Crippen LogP contribution is -2.27. The van der Waals surface area contributed by atoms with Crippen LogP contribution in [-0.2, 0) is 0 Å². The summed E-state index contributed by atoms with van der Waals surface area (Å²) >= 11 is 12.0. The molecule has 3 nitrogen and oxygen atoms in total. The van der Waals surface area contributed by atoms with Crippen molar-refractivity contribution in [3.63, 3.8) is 0 Å². The highest BCUT2D eigenvalue weighted by molar-refractivity contribution is 6.33. The van der Waals surface area contributed by atoms with Gasteiger partial charge in [0.05, 0.1) is 16.6 Å².